The van der Waals surface area contributed by atoms with Gasteiger partial charge in [0.25, 0.3) is 0 Å². The number of rotatable bonds is 4. The average molecular weight is 229 g/mol. The predicted octanol–water partition coefficient (Wildman–Crippen LogP) is 0.927. The first kappa shape index (κ1) is 12.3. The zero-order chi connectivity index (χ0) is 12.3. The number of hydrogen-bond acceptors (Lipinski definition) is 4. The number of carbonyl (C=O) groups is 1. The first-order chi connectivity index (χ1) is 7.51. The Balaban J connectivity index is 3.26. The lowest BCUT2D eigenvalue weighted by Gasteiger charge is -2.12. The predicted molar refractivity (Wildman–Crippen MR) is 54.1 cm³/mol. The van der Waals surface area contributed by atoms with Crippen molar-refractivity contribution in [3.8, 4) is 11.5 Å². The number of ether oxygens (including phenoxy) is 2. The second-order valence-corrected chi connectivity index (χ2v) is 3.06. The van der Waals surface area contributed by atoms with Crippen molar-refractivity contribution >= 4 is 5.97 Å². The number of halogens is 1. The Labute approximate surface area is 91.6 Å². The van der Waals surface area contributed by atoms with Crippen molar-refractivity contribution < 1.29 is 23.8 Å². The summed E-state index contributed by atoms with van der Waals surface area (Å²) in [6.45, 7) is 0. The number of carboxylic acid groups (broad SMARTS) is 1. The molecular formula is C10H12FNO4. The van der Waals surface area contributed by atoms with E-state index >= 15 is 0 Å². The minimum Gasteiger partial charge on any atom is -0.494 e. The van der Waals surface area contributed by atoms with E-state index in [1.54, 1.807) is 0 Å². The molecular weight excluding hydrogens is 217 g/mol. The maximum absolute atomic E-state index is 13.5. The molecule has 1 aromatic carbocycles. The van der Waals surface area contributed by atoms with Crippen LogP contribution in [0.1, 0.15) is 11.6 Å². The molecule has 0 spiro atoms. The Bertz CT molecular complexity index is 383. The van der Waals surface area contributed by atoms with Gasteiger partial charge < -0.3 is 20.3 Å². The summed E-state index contributed by atoms with van der Waals surface area (Å²) >= 11 is 0. The third-order valence-corrected chi connectivity index (χ3v) is 2.09. The molecule has 0 saturated heterocycles. The van der Waals surface area contributed by atoms with Gasteiger partial charge in [0.1, 0.15) is 6.04 Å². The largest absolute Gasteiger partial charge is 0.494 e. The molecule has 0 fully saturated rings. The van der Waals surface area contributed by atoms with Crippen LogP contribution in [0.3, 0.4) is 0 Å². The minimum absolute atomic E-state index is 0.106. The van der Waals surface area contributed by atoms with Gasteiger partial charge in [0.05, 0.1) is 14.2 Å². The highest BCUT2D eigenvalue weighted by Crippen LogP contribution is 2.30. The van der Waals surface area contributed by atoms with Gasteiger partial charge in [-0.3, -0.25) is 4.79 Å². The minimum atomic E-state index is -1.25. The Kier molecular flexibility index (Phi) is 3.68. The summed E-state index contributed by atoms with van der Waals surface area (Å²) in [7, 11) is 2.54. The van der Waals surface area contributed by atoms with Gasteiger partial charge in [0.15, 0.2) is 11.5 Å². The lowest BCUT2D eigenvalue weighted by Crippen LogP contribution is -2.20. The Hall–Kier alpha value is -1.82. The zero-order valence-corrected chi connectivity index (χ0v) is 8.86. The molecule has 1 rings (SSSR count). The summed E-state index contributed by atoms with van der Waals surface area (Å²) in [5.74, 6) is -2.11. The molecule has 16 heavy (non-hydrogen) atoms. The molecule has 0 aromatic heterocycles. The number of methoxy groups -OCH3 is 2. The van der Waals surface area contributed by atoms with Crippen LogP contribution in [-0.2, 0) is 4.79 Å². The van der Waals surface area contributed by atoms with Crippen molar-refractivity contribution in [1.82, 2.24) is 0 Å². The third-order valence-electron chi connectivity index (χ3n) is 2.09. The first-order valence-corrected chi connectivity index (χ1v) is 4.41. The van der Waals surface area contributed by atoms with E-state index < -0.39 is 17.8 Å². The van der Waals surface area contributed by atoms with E-state index in [0.29, 0.717) is 0 Å². The van der Waals surface area contributed by atoms with Gasteiger partial charge in [0.2, 0.25) is 5.82 Å². The maximum atomic E-state index is 13.5. The van der Waals surface area contributed by atoms with Gasteiger partial charge in [-0.1, -0.05) is 0 Å². The SMILES string of the molecule is COc1cc(C(N)C(=O)O)cc(OC)c1F. The van der Waals surface area contributed by atoms with Crippen LogP contribution in [-0.4, -0.2) is 25.3 Å². The van der Waals surface area contributed by atoms with Crippen LogP contribution in [0.2, 0.25) is 0 Å². The summed E-state index contributed by atoms with van der Waals surface area (Å²) in [6.07, 6.45) is 0. The lowest BCUT2D eigenvalue weighted by molar-refractivity contribution is -0.138. The van der Waals surface area contributed by atoms with Gasteiger partial charge in [0, 0.05) is 0 Å². The van der Waals surface area contributed by atoms with Crippen LogP contribution in [0.15, 0.2) is 12.1 Å². The van der Waals surface area contributed by atoms with E-state index in [9.17, 15) is 9.18 Å². The van der Waals surface area contributed by atoms with Crippen molar-refractivity contribution in [2.24, 2.45) is 5.73 Å². The number of nitrogens with two attached hydrogens (primary N) is 1. The number of aliphatic carboxylic acids is 1. The van der Waals surface area contributed by atoms with Crippen LogP contribution in [0.4, 0.5) is 4.39 Å². The lowest BCUT2D eigenvalue weighted by atomic mass is 10.1. The van der Waals surface area contributed by atoms with Crippen molar-refractivity contribution in [1.29, 1.82) is 0 Å². The van der Waals surface area contributed by atoms with E-state index in [0.717, 1.165) is 0 Å². The number of hydrogen-bond donors (Lipinski definition) is 2. The summed E-state index contributed by atoms with van der Waals surface area (Å²) in [5, 5.41) is 8.73. The van der Waals surface area contributed by atoms with Crippen molar-refractivity contribution in [2.75, 3.05) is 14.2 Å². The summed E-state index contributed by atoms with van der Waals surface area (Å²) < 4.78 is 23.0. The molecule has 0 aliphatic carbocycles. The summed E-state index contributed by atoms with van der Waals surface area (Å²) in [4.78, 5) is 10.7. The second kappa shape index (κ2) is 4.80. The van der Waals surface area contributed by atoms with Crippen LogP contribution < -0.4 is 15.2 Å². The van der Waals surface area contributed by atoms with E-state index in [1.165, 1.54) is 26.4 Å². The maximum Gasteiger partial charge on any atom is 0.325 e. The normalized spacial score (nSPS) is 12.0. The molecule has 0 aliphatic rings. The van der Waals surface area contributed by atoms with Crippen molar-refractivity contribution in [3.63, 3.8) is 0 Å². The molecule has 0 radical (unpaired) electrons. The standard InChI is InChI=1S/C10H12FNO4/c1-15-6-3-5(9(12)10(13)14)4-7(16-2)8(6)11/h3-4,9H,12H2,1-2H3,(H,13,14). The fourth-order valence-corrected chi connectivity index (χ4v) is 1.21. The zero-order valence-electron chi connectivity index (χ0n) is 8.86. The molecule has 88 valence electrons. The highest BCUT2D eigenvalue weighted by Gasteiger charge is 2.19. The van der Waals surface area contributed by atoms with Crippen LogP contribution in [0.5, 0.6) is 11.5 Å². The highest BCUT2D eigenvalue weighted by atomic mass is 19.1. The van der Waals surface area contributed by atoms with E-state index in [-0.39, 0.29) is 17.1 Å². The number of benzene rings is 1. The van der Waals surface area contributed by atoms with E-state index in [1.807, 2.05) is 0 Å². The van der Waals surface area contributed by atoms with Crippen molar-refractivity contribution in [3.05, 3.63) is 23.5 Å². The quantitative estimate of drug-likeness (QED) is 0.802. The molecule has 6 heteroatoms. The van der Waals surface area contributed by atoms with E-state index in [4.69, 9.17) is 20.3 Å². The third kappa shape index (κ3) is 2.22. The molecule has 1 atom stereocenters. The smallest absolute Gasteiger partial charge is 0.325 e. The first-order valence-electron chi connectivity index (χ1n) is 4.41. The van der Waals surface area contributed by atoms with Crippen LogP contribution >= 0.6 is 0 Å². The van der Waals surface area contributed by atoms with Crippen LogP contribution in [0.25, 0.3) is 0 Å². The Morgan fingerprint density at radius 1 is 1.38 bits per heavy atom. The topological polar surface area (TPSA) is 81.8 Å². The molecule has 0 saturated carbocycles. The molecule has 1 unspecified atom stereocenters. The van der Waals surface area contributed by atoms with Gasteiger partial charge in [-0.25, -0.2) is 0 Å². The van der Waals surface area contributed by atoms with Crippen molar-refractivity contribution in [2.45, 2.75) is 6.04 Å². The van der Waals surface area contributed by atoms with Gasteiger partial charge in [-0.15, -0.1) is 0 Å². The van der Waals surface area contributed by atoms with Gasteiger partial charge in [-0.05, 0) is 17.7 Å². The highest BCUT2D eigenvalue weighted by molar-refractivity contribution is 5.75. The monoisotopic (exact) mass is 229 g/mol. The molecule has 0 amide bonds. The number of carboxylic acids is 1. The molecule has 5 nitrogen and oxygen atoms in total. The summed E-state index contributed by atoms with van der Waals surface area (Å²) in [5.41, 5.74) is 5.61. The molecule has 0 bridgehead atoms. The average Bonchev–Trinajstić information content (AvgIpc) is 2.28. The molecule has 0 aliphatic heterocycles. The summed E-state index contributed by atoms with van der Waals surface area (Å²) in [6, 6.07) is 1.22. The van der Waals surface area contributed by atoms with Crippen LogP contribution in [0, 0.1) is 5.82 Å². The van der Waals surface area contributed by atoms with Gasteiger partial charge >= 0.3 is 5.97 Å². The Morgan fingerprint density at radius 2 is 1.81 bits per heavy atom. The molecule has 1 aromatic rings. The second-order valence-electron chi connectivity index (χ2n) is 3.06. The van der Waals surface area contributed by atoms with Gasteiger partial charge in [-0.2, -0.15) is 4.39 Å². The molecule has 0 heterocycles. The fraction of sp³-hybridized carbons (Fsp3) is 0.300. The molecule has 3 N–H and O–H groups in total. The van der Waals surface area contributed by atoms with E-state index in [2.05, 4.69) is 0 Å². The fourth-order valence-electron chi connectivity index (χ4n) is 1.21. The Morgan fingerprint density at radius 3 is 2.12 bits per heavy atom.